The fraction of sp³-hybridized carbons (Fsp3) is 0.333. The van der Waals surface area contributed by atoms with E-state index in [0.29, 0.717) is 0 Å². The summed E-state index contributed by atoms with van der Waals surface area (Å²) in [5, 5.41) is 3.25. The summed E-state index contributed by atoms with van der Waals surface area (Å²) < 4.78 is 10.6. The van der Waals surface area contributed by atoms with Gasteiger partial charge in [-0.15, -0.1) is 0 Å². The molecule has 106 valence electrons. The summed E-state index contributed by atoms with van der Waals surface area (Å²) in [6.45, 7) is 2.99. The smallest absolute Gasteiger partial charge is 0.129 e. The predicted octanol–water partition coefficient (Wildman–Crippen LogP) is 2.98. The summed E-state index contributed by atoms with van der Waals surface area (Å²) >= 11 is 0. The zero-order chi connectivity index (χ0) is 14.4. The normalized spacial score (nSPS) is 10.2. The standard InChI is InChI=1S/C15H19N3O2/c1-4-7-16-15-9-13(17-10-18-15)12-8-11(19-2)5-6-14(12)20-3/h5-6,8-10H,4,7H2,1-3H3,(H,16,17,18). The van der Waals surface area contributed by atoms with E-state index in [1.165, 1.54) is 0 Å². The molecule has 0 aliphatic rings. The van der Waals surface area contributed by atoms with Crippen molar-refractivity contribution >= 4 is 5.82 Å². The maximum atomic E-state index is 5.38. The van der Waals surface area contributed by atoms with Crippen molar-refractivity contribution in [2.75, 3.05) is 26.1 Å². The van der Waals surface area contributed by atoms with Crippen molar-refractivity contribution in [3.8, 4) is 22.8 Å². The predicted molar refractivity (Wildman–Crippen MR) is 79.4 cm³/mol. The number of aromatic nitrogens is 2. The van der Waals surface area contributed by atoms with Gasteiger partial charge in [0.1, 0.15) is 23.6 Å². The van der Waals surface area contributed by atoms with Crippen molar-refractivity contribution in [2.45, 2.75) is 13.3 Å². The summed E-state index contributed by atoms with van der Waals surface area (Å²) in [5.74, 6) is 2.33. The van der Waals surface area contributed by atoms with Gasteiger partial charge in [-0.2, -0.15) is 0 Å². The summed E-state index contributed by atoms with van der Waals surface area (Å²) in [6.07, 6.45) is 2.59. The molecule has 0 amide bonds. The minimum atomic E-state index is 0.756. The molecule has 0 fully saturated rings. The van der Waals surface area contributed by atoms with Gasteiger partial charge in [0.2, 0.25) is 0 Å². The lowest BCUT2D eigenvalue weighted by Crippen LogP contribution is -2.02. The molecular weight excluding hydrogens is 254 g/mol. The van der Waals surface area contributed by atoms with E-state index >= 15 is 0 Å². The fourth-order valence-electron chi connectivity index (χ4n) is 1.87. The molecule has 0 aliphatic carbocycles. The van der Waals surface area contributed by atoms with Crippen LogP contribution in [-0.2, 0) is 0 Å². The van der Waals surface area contributed by atoms with Gasteiger partial charge in [0.25, 0.3) is 0 Å². The number of ether oxygens (including phenoxy) is 2. The Kier molecular flexibility index (Phi) is 4.76. The molecule has 1 aromatic heterocycles. The molecule has 1 heterocycles. The molecule has 1 aromatic carbocycles. The molecule has 2 rings (SSSR count). The summed E-state index contributed by atoms with van der Waals surface area (Å²) in [7, 11) is 3.28. The largest absolute Gasteiger partial charge is 0.497 e. The molecule has 20 heavy (non-hydrogen) atoms. The minimum Gasteiger partial charge on any atom is -0.497 e. The van der Waals surface area contributed by atoms with Crippen LogP contribution in [0.1, 0.15) is 13.3 Å². The number of rotatable bonds is 6. The van der Waals surface area contributed by atoms with E-state index in [4.69, 9.17) is 9.47 Å². The lowest BCUT2D eigenvalue weighted by molar-refractivity contribution is 0.404. The first-order valence-electron chi connectivity index (χ1n) is 6.56. The third kappa shape index (κ3) is 3.17. The van der Waals surface area contributed by atoms with Crippen LogP contribution in [0.25, 0.3) is 11.3 Å². The molecule has 0 saturated carbocycles. The average molecular weight is 273 g/mol. The minimum absolute atomic E-state index is 0.756. The van der Waals surface area contributed by atoms with Gasteiger partial charge in [-0.1, -0.05) is 6.92 Å². The van der Waals surface area contributed by atoms with Crippen molar-refractivity contribution in [2.24, 2.45) is 0 Å². The highest BCUT2D eigenvalue weighted by Gasteiger charge is 2.10. The van der Waals surface area contributed by atoms with Crippen LogP contribution in [0.15, 0.2) is 30.6 Å². The van der Waals surface area contributed by atoms with E-state index in [0.717, 1.165) is 41.5 Å². The Labute approximate surface area is 119 Å². The molecule has 0 saturated heterocycles. The highest BCUT2D eigenvalue weighted by Crippen LogP contribution is 2.32. The van der Waals surface area contributed by atoms with Crippen LogP contribution < -0.4 is 14.8 Å². The second kappa shape index (κ2) is 6.75. The highest BCUT2D eigenvalue weighted by molar-refractivity contribution is 5.70. The van der Waals surface area contributed by atoms with Gasteiger partial charge in [-0.25, -0.2) is 9.97 Å². The Hall–Kier alpha value is -2.30. The number of hydrogen-bond acceptors (Lipinski definition) is 5. The number of methoxy groups -OCH3 is 2. The number of nitrogens with zero attached hydrogens (tertiary/aromatic N) is 2. The van der Waals surface area contributed by atoms with E-state index in [2.05, 4.69) is 22.2 Å². The topological polar surface area (TPSA) is 56.3 Å². The maximum Gasteiger partial charge on any atom is 0.129 e. The lowest BCUT2D eigenvalue weighted by atomic mass is 10.1. The van der Waals surface area contributed by atoms with E-state index in [1.54, 1.807) is 20.5 Å². The number of nitrogens with one attached hydrogen (secondary N) is 1. The Balaban J connectivity index is 2.39. The summed E-state index contributed by atoms with van der Waals surface area (Å²) in [5.41, 5.74) is 1.68. The summed E-state index contributed by atoms with van der Waals surface area (Å²) in [6, 6.07) is 7.55. The van der Waals surface area contributed by atoms with E-state index in [-0.39, 0.29) is 0 Å². The quantitative estimate of drug-likeness (QED) is 0.876. The molecule has 5 nitrogen and oxygen atoms in total. The van der Waals surface area contributed by atoms with Crippen LogP contribution in [0.5, 0.6) is 11.5 Å². The Morgan fingerprint density at radius 3 is 2.65 bits per heavy atom. The van der Waals surface area contributed by atoms with Crippen molar-refractivity contribution in [1.29, 1.82) is 0 Å². The first kappa shape index (κ1) is 14.1. The van der Waals surface area contributed by atoms with Gasteiger partial charge in [0.05, 0.1) is 19.9 Å². The molecule has 1 N–H and O–H groups in total. The number of hydrogen-bond donors (Lipinski definition) is 1. The zero-order valence-corrected chi connectivity index (χ0v) is 12.0. The molecule has 0 spiro atoms. The summed E-state index contributed by atoms with van der Waals surface area (Å²) in [4.78, 5) is 8.52. The van der Waals surface area contributed by atoms with Gasteiger partial charge in [-0.3, -0.25) is 0 Å². The van der Waals surface area contributed by atoms with E-state index < -0.39 is 0 Å². The molecule has 0 radical (unpaired) electrons. The molecule has 0 aliphatic heterocycles. The van der Waals surface area contributed by atoms with E-state index in [9.17, 15) is 0 Å². The van der Waals surface area contributed by atoms with Gasteiger partial charge >= 0.3 is 0 Å². The second-order valence-corrected chi connectivity index (χ2v) is 4.28. The third-order valence-electron chi connectivity index (χ3n) is 2.91. The van der Waals surface area contributed by atoms with Crippen LogP contribution in [0.4, 0.5) is 5.82 Å². The van der Waals surface area contributed by atoms with E-state index in [1.807, 2.05) is 24.3 Å². The first-order valence-corrected chi connectivity index (χ1v) is 6.56. The van der Waals surface area contributed by atoms with Crippen molar-refractivity contribution in [1.82, 2.24) is 9.97 Å². The van der Waals surface area contributed by atoms with Crippen molar-refractivity contribution < 1.29 is 9.47 Å². The fourth-order valence-corrected chi connectivity index (χ4v) is 1.87. The Morgan fingerprint density at radius 1 is 1.10 bits per heavy atom. The maximum absolute atomic E-state index is 5.38. The Morgan fingerprint density at radius 2 is 1.95 bits per heavy atom. The molecule has 0 unspecified atom stereocenters. The number of benzene rings is 1. The SMILES string of the molecule is CCCNc1cc(-c2cc(OC)ccc2OC)ncn1. The van der Waals surface area contributed by atoms with Crippen LogP contribution in [0.3, 0.4) is 0 Å². The molecular formula is C15H19N3O2. The van der Waals surface area contributed by atoms with Gasteiger partial charge in [0.15, 0.2) is 0 Å². The van der Waals surface area contributed by atoms with Crippen molar-refractivity contribution in [3.63, 3.8) is 0 Å². The third-order valence-corrected chi connectivity index (χ3v) is 2.91. The molecule has 0 atom stereocenters. The first-order chi connectivity index (χ1) is 9.78. The van der Waals surface area contributed by atoms with Crippen molar-refractivity contribution in [3.05, 3.63) is 30.6 Å². The molecule has 5 heteroatoms. The zero-order valence-electron chi connectivity index (χ0n) is 12.0. The number of anilines is 1. The van der Waals surface area contributed by atoms with Gasteiger partial charge < -0.3 is 14.8 Å². The van der Waals surface area contributed by atoms with Crippen LogP contribution >= 0.6 is 0 Å². The molecule has 0 bridgehead atoms. The second-order valence-electron chi connectivity index (χ2n) is 4.28. The van der Waals surface area contributed by atoms with Gasteiger partial charge in [0, 0.05) is 18.2 Å². The van der Waals surface area contributed by atoms with Crippen LogP contribution in [0, 0.1) is 0 Å². The van der Waals surface area contributed by atoms with Gasteiger partial charge in [-0.05, 0) is 24.6 Å². The Bertz CT molecular complexity index is 573. The van der Waals surface area contributed by atoms with Crippen LogP contribution in [-0.4, -0.2) is 30.7 Å². The average Bonchev–Trinajstić information content (AvgIpc) is 2.52. The monoisotopic (exact) mass is 273 g/mol. The highest BCUT2D eigenvalue weighted by atomic mass is 16.5. The van der Waals surface area contributed by atoms with Crippen LogP contribution in [0.2, 0.25) is 0 Å². The molecule has 2 aromatic rings. The lowest BCUT2D eigenvalue weighted by Gasteiger charge is -2.11.